The van der Waals surface area contributed by atoms with Crippen LogP contribution in [0.3, 0.4) is 0 Å². The fraction of sp³-hybridized carbons (Fsp3) is 0.455. The zero-order valence-electron chi connectivity index (χ0n) is 8.89. The molecule has 0 aromatic carbocycles. The lowest BCUT2D eigenvalue weighted by molar-refractivity contribution is 0.973. The minimum Gasteiger partial charge on any atom is -0.384 e. The molecule has 0 saturated carbocycles. The molecule has 1 N–H and O–H groups in total. The predicted molar refractivity (Wildman–Crippen MR) is 57.2 cm³/mol. The molecule has 0 fully saturated rings. The first kappa shape index (κ1) is 10.5. The van der Waals surface area contributed by atoms with Gasteiger partial charge in [-0.1, -0.05) is 6.92 Å². The van der Waals surface area contributed by atoms with Crippen LogP contribution in [-0.4, -0.2) is 11.5 Å². The lowest BCUT2D eigenvalue weighted by Gasteiger charge is -2.09. The van der Waals surface area contributed by atoms with Crippen molar-refractivity contribution in [2.75, 3.05) is 11.9 Å². The summed E-state index contributed by atoms with van der Waals surface area (Å²) in [6, 6.07) is 4.09. The highest BCUT2D eigenvalue weighted by molar-refractivity contribution is 5.59. The smallest absolute Gasteiger partial charge is 0.103 e. The van der Waals surface area contributed by atoms with E-state index in [4.69, 9.17) is 5.26 Å². The number of nitrogens with zero attached hydrogens (tertiary/aromatic N) is 2. The van der Waals surface area contributed by atoms with Gasteiger partial charge in [-0.25, -0.2) is 0 Å². The van der Waals surface area contributed by atoms with Crippen LogP contribution >= 0.6 is 0 Å². The van der Waals surface area contributed by atoms with Crippen molar-refractivity contribution >= 4 is 5.69 Å². The molecule has 3 nitrogen and oxygen atoms in total. The van der Waals surface area contributed by atoms with E-state index in [2.05, 4.69) is 23.3 Å². The van der Waals surface area contributed by atoms with E-state index in [0.29, 0.717) is 5.56 Å². The lowest BCUT2D eigenvalue weighted by atomic mass is 10.1. The maximum absolute atomic E-state index is 8.96. The molecule has 0 aliphatic rings. The third-order valence-electron chi connectivity index (χ3n) is 2.01. The van der Waals surface area contributed by atoms with Crippen LogP contribution in [0.15, 0.2) is 6.07 Å². The summed E-state index contributed by atoms with van der Waals surface area (Å²) in [5, 5.41) is 12.2. The van der Waals surface area contributed by atoms with E-state index in [-0.39, 0.29) is 0 Å². The summed E-state index contributed by atoms with van der Waals surface area (Å²) in [5.74, 6) is 0. The second kappa shape index (κ2) is 4.61. The largest absolute Gasteiger partial charge is 0.384 e. The number of pyridine rings is 1. The molecule has 0 aliphatic carbocycles. The van der Waals surface area contributed by atoms with Crippen molar-refractivity contribution in [2.24, 2.45) is 0 Å². The van der Waals surface area contributed by atoms with Crippen LogP contribution in [0.4, 0.5) is 5.69 Å². The molecule has 1 rings (SSSR count). The van der Waals surface area contributed by atoms with E-state index in [9.17, 15) is 0 Å². The SMILES string of the molecule is CCCNc1cc(C)nc(C)c1C#N. The minimum atomic E-state index is 0.657. The van der Waals surface area contributed by atoms with Gasteiger partial charge in [0.1, 0.15) is 6.07 Å². The van der Waals surface area contributed by atoms with Crippen LogP contribution in [0.25, 0.3) is 0 Å². The molecular formula is C11H15N3. The maximum Gasteiger partial charge on any atom is 0.103 e. The second-order valence-corrected chi connectivity index (χ2v) is 3.31. The Labute approximate surface area is 84.8 Å². The van der Waals surface area contributed by atoms with Crippen molar-refractivity contribution in [3.8, 4) is 6.07 Å². The lowest BCUT2D eigenvalue weighted by Crippen LogP contribution is -2.04. The molecule has 0 bridgehead atoms. The van der Waals surface area contributed by atoms with Gasteiger partial charge in [0.2, 0.25) is 0 Å². The molecule has 0 atom stereocenters. The second-order valence-electron chi connectivity index (χ2n) is 3.31. The Bertz CT molecular complexity index is 364. The van der Waals surface area contributed by atoms with Gasteiger partial charge in [-0.3, -0.25) is 4.98 Å². The number of hydrogen-bond donors (Lipinski definition) is 1. The molecule has 1 aromatic heterocycles. The van der Waals surface area contributed by atoms with Gasteiger partial charge >= 0.3 is 0 Å². The maximum atomic E-state index is 8.96. The number of anilines is 1. The zero-order valence-corrected chi connectivity index (χ0v) is 8.89. The molecule has 3 heteroatoms. The number of nitriles is 1. The van der Waals surface area contributed by atoms with Crippen LogP contribution in [0.1, 0.15) is 30.3 Å². The Hall–Kier alpha value is -1.56. The minimum absolute atomic E-state index is 0.657. The molecule has 0 amide bonds. The molecule has 0 aliphatic heterocycles. The van der Waals surface area contributed by atoms with Crippen molar-refractivity contribution in [1.29, 1.82) is 5.26 Å². The predicted octanol–water partition coefficient (Wildman–Crippen LogP) is 2.39. The fourth-order valence-electron chi connectivity index (χ4n) is 1.37. The van der Waals surface area contributed by atoms with Gasteiger partial charge in [0.05, 0.1) is 16.9 Å². The Morgan fingerprint density at radius 1 is 1.50 bits per heavy atom. The Kier molecular flexibility index (Phi) is 3.47. The monoisotopic (exact) mass is 189 g/mol. The van der Waals surface area contributed by atoms with Crippen molar-refractivity contribution in [2.45, 2.75) is 27.2 Å². The molecule has 1 aromatic rings. The van der Waals surface area contributed by atoms with E-state index >= 15 is 0 Å². The van der Waals surface area contributed by atoms with Crippen LogP contribution in [-0.2, 0) is 0 Å². The van der Waals surface area contributed by atoms with Gasteiger partial charge < -0.3 is 5.32 Å². The molecule has 0 saturated heterocycles. The van der Waals surface area contributed by atoms with Crippen molar-refractivity contribution in [3.05, 3.63) is 23.0 Å². The van der Waals surface area contributed by atoms with E-state index < -0.39 is 0 Å². The number of rotatable bonds is 3. The van der Waals surface area contributed by atoms with Gasteiger partial charge in [-0.05, 0) is 26.3 Å². The zero-order chi connectivity index (χ0) is 10.6. The molecule has 0 unspecified atom stereocenters. The highest BCUT2D eigenvalue weighted by Crippen LogP contribution is 2.18. The average molecular weight is 189 g/mol. The van der Waals surface area contributed by atoms with Gasteiger partial charge in [-0.15, -0.1) is 0 Å². The molecule has 14 heavy (non-hydrogen) atoms. The van der Waals surface area contributed by atoms with Crippen molar-refractivity contribution in [3.63, 3.8) is 0 Å². The molecule has 1 heterocycles. The Morgan fingerprint density at radius 3 is 2.79 bits per heavy atom. The van der Waals surface area contributed by atoms with Gasteiger partial charge in [0.25, 0.3) is 0 Å². The van der Waals surface area contributed by atoms with E-state index in [0.717, 1.165) is 30.0 Å². The van der Waals surface area contributed by atoms with Crippen LogP contribution in [0.5, 0.6) is 0 Å². The van der Waals surface area contributed by atoms with Crippen molar-refractivity contribution < 1.29 is 0 Å². The summed E-state index contributed by atoms with van der Waals surface area (Å²) in [6.45, 7) is 6.78. The average Bonchev–Trinajstić information content (AvgIpc) is 2.14. The van der Waals surface area contributed by atoms with E-state index in [1.807, 2.05) is 19.9 Å². The normalized spacial score (nSPS) is 9.57. The highest BCUT2D eigenvalue weighted by Gasteiger charge is 2.06. The molecule has 0 radical (unpaired) electrons. The Balaban J connectivity index is 3.07. The number of nitrogens with one attached hydrogen (secondary N) is 1. The van der Waals surface area contributed by atoms with Gasteiger partial charge in [0, 0.05) is 12.2 Å². The van der Waals surface area contributed by atoms with Crippen LogP contribution < -0.4 is 5.32 Å². The third kappa shape index (κ3) is 2.23. The van der Waals surface area contributed by atoms with E-state index in [1.54, 1.807) is 0 Å². The first-order chi connectivity index (χ1) is 6.69. The summed E-state index contributed by atoms with van der Waals surface area (Å²) >= 11 is 0. The highest BCUT2D eigenvalue weighted by atomic mass is 14.9. The van der Waals surface area contributed by atoms with E-state index in [1.165, 1.54) is 0 Å². The standard InChI is InChI=1S/C11H15N3/c1-4-5-13-11-6-8(2)14-9(3)10(11)7-12/h6H,4-5H2,1-3H3,(H,13,14). The fourth-order valence-corrected chi connectivity index (χ4v) is 1.37. The molecule has 0 spiro atoms. The van der Waals surface area contributed by atoms with Gasteiger partial charge in [-0.2, -0.15) is 5.26 Å². The van der Waals surface area contributed by atoms with Gasteiger partial charge in [0.15, 0.2) is 0 Å². The Morgan fingerprint density at radius 2 is 2.21 bits per heavy atom. The summed E-state index contributed by atoms with van der Waals surface area (Å²) in [4.78, 5) is 4.25. The van der Waals surface area contributed by atoms with Crippen molar-refractivity contribution in [1.82, 2.24) is 4.98 Å². The number of hydrogen-bond acceptors (Lipinski definition) is 3. The number of aromatic nitrogens is 1. The third-order valence-corrected chi connectivity index (χ3v) is 2.01. The quantitative estimate of drug-likeness (QED) is 0.794. The summed E-state index contributed by atoms with van der Waals surface area (Å²) in [7, 11) is 0. The number of aryl methyl sites for hydroxylation is 2. The first-order valence-electron chi connectivity index (χ1n) is 4.81. The first-order valence-corrected chi connectivity index (χ1v) is 4.81. The molecule has 74 valence electrons. The van der Waals surface area contributed by atoms with Crippen LogP contribution in [0.2, 0.25) is 0 Å². The summed E-state index contributed by atoms with van der Waals surface area (Å²) in [6.07, 6.45) is 1.05. The molecular weight excluding hydrogens is 174 g/mol. The van der Waals surface area contributed by atoms with Crippen LogP contribution in [0, 0.1) is 25.2 Å². The summed E-state index contributed by atoms with van der Waals surface area (Å²) < 4.78 is 0. The summed E-state index contributed by atoms with van der Waals surface area (Å²) in [5.41, 5.74) is 3.30. The topological polar surface area (TPSA) is 48.7 Å².